The number of rotatable bonds is 5. The van der Waals surface area contributed by atoms with Crippen LogP contribution in [0.5, 0.6) is 0 Å². The molecule has 0 saturated carbocycles. The fraction of sp³-hybridized carbons (Fsp3) is 0.353. The topological polar surface area (TPSA) is 57.0 Å². The lowest BCUT2D eigenvalue weighted by molar-refractivity contribution is -0.133. The first-order chi connectivity index (χ1) is 10.8. The predicted octanol–water partition coefficient (Wildman–Crippen LogP) is 3.91. The van der Waals surface area contributed by atoms with Gasteiger partial charge in [0.05, 0.1) is 18.6 Å². The third-order valence-corrected chi connectivity index (χ3v) is 3.48. The van der Waals surface area contributed by atoms with Gasteiger partial charge in [-0.15, -0.1) is 5.10 Å². The number of halogens is 1. The molecular weight excluding hydrogens is 314 g/mol. The van der Waals surface area contributed by atoms with E-state index in [1.165, 1.54) is 4.68 Å². The molecule has 1 aromatic carbocycles. The molecule has 1 heterocycles. The van der Waals surface area contributed by atoms with Gasteiger partial charge in [0.25, 0.3) is 0 Å². The molecule has 0 spiro atoms. The minimum absolute atomic E-state index is 0.0240. The van der Waals surface area contributed by atoms with E-state index >= 15 is 0 Å². The van der Waals surface area contributed by atoms with Crippen molar-refractivity contribution in [3.63, 3.8) is 0 Å². The molecule has 0 saturated heterocycles. The lowest BCUT2D eigenvalue weighted by Crippen LogP contribution is -2.32. The molecule has 0 aliphatic rings. The van der Waals surface area contributed by atoms with Crippen LogP contribution in [0, 0.1) is 5.41 Å². The molecule has 0 aliphatic heterocycles. The van der Waals surface area contributed by atoms with Crippen molar-refractivity contribution >= 4 is 29.3 Å². The second-order valence-electron chi connectivity index (χ2n) is 6.26. The number of Topliss-reactive ketones (excluding diaryl/α,β-unsaturated/α-hetero) is 1. The third kappa shape index (κ3) is 4.66. The minimum atomic E-state index is -0.583. The first-order valence-corrected chi connectivity index (χ1v) is 7.69. The van der Waals surface area contributed by atoms with Gasteiger partial charge in [-0.25, -0.2) is 4.68 Å². The van der Waals surface area contributed by atoms with Crippen molar-refractivity contribution in [2.45, 2.75) is 33.8 Å². The summed E-state index contributed by atoms with van der Waals surface area (Å²) in [6.45, 7) is 7.37. The summed E-state index contributed by atoms with van der Waals surface area (Å²) in [4.78, 5) is 12.4. The number of nitrogens with zero attached hydrogens (tertiary/aromatic N) is 3. The van der Waals surface area contributed by atoms with Gasteiger partial charge in [0, 0.05) is 16.0 Å². The summed E-state index contributed by atoms with van der Waals surface area (Å²) in [6.07, 6.45) is 4.36. The first kappa shape index (κ1) is 17.2. The van der Waals surface area contributed by atoms with Gasteiger partial charge in [-0.2, -0.15) is 0 Å². The van der Waals surface area contributed by atoms with Crippen LogP contribution in [0.15, 0.2) is 36.7 Å². The van der Waals surface area contributed by atoms with Crippen molar-refractivity contribution in [2.75, 3.05) is 0 Å². The summed E-state index contributed by atoms with van der Waals surface area (Å²) in [5.41, 5.74) is 0.330. The van der Waals surface area contributed by atoms with Gasteiger partial charge in [-0.3, -0.25) is 4.79 Å². The number of hydrogen-bond donors (Lipinski definition) is 0. The Bertz CT molecular complexity index is 686. The third-order valence-electron chi connectivity index (χ3n) is 3.23. The van der Waals surface area contributed by atoms with Crippen LogP contribution >= 0.6 is 11.6 Å². The van der Waals surface area contributed by atoms with Gasteiger partial charge in [0.1, 0.15) is 5.76 Å². The van der Waals surface area contributed by atoms with Gasteiger partial charge in [-0.05, 0) is 31.2 Å². The normalized spacial score (nSPS) is 13.7. The Labute approximate surface area is 140 Å². The zero-order valence-electron chi connectivity index (χ0n) is 13.7. The maximum Gasteiger partial charge on any atom is 0.178 e. The van der Waals surface area contributed by atoms with Gasteiger partial charge >= 0.3 is 0 Å². The van der Waals surface area contributed by atoms with Crippen LogP contribution in [0.1, 0.15) is 33.3 Å². The largest absolute Gasteiger partial charge is 0.481 e. The number of aromatic nitrogens is 3. The van der Waals surface area contributed by atoms with E-state index in [1.807, 2.05) is 32.9 Å². The molecule has 0 aliphatic carbocycles. The number of carbonyl (C=O) groups excluding carboxylic acids is 1. The van der Waals surface area contributed by atoms with Crippen molar-refractivity contribution < 1.29 is 9.53 Å². The first-order valence-electron chi connectivity index (χ1n) is 7.32. The number of ether oxygens (including phenoxy) is 1. The smallest absolute Gasteiger partial charge is 0.178 e. The van der Waals surface area contributed by atoms with Crippen molar-refractivity contribution in [1.29, 1.82) is 0 Å². The predicted molar refractivity (Wildman–Crippen MR) is 90.7 cm³/mol. The highest BCUT2D eigenvalue weighted by Gasteiger charge is 2.28. The van der Waals surface area contributed by atoms with Gasteiger partial charge < -0.3 is 4.74 Å². The van der Waals surface area contributed by atoms with Crippen molar-refractivity contribution in [3.8, 4) is 0 Å². The van der Waals surface area contributed by atoms with E-state index in [4.69, 9.17) is 16.3 Å². The van der Waals surface area contributed by atoms with Gasteiger partial charge in [0.2, 0.25) is 0 Å². The number of hydrogen-bond acceptors (Lipinski definition) is 4. The Morgan fingerprint density at radius 3 is 2.48 bits per heavy atom. The van der Waals surface area contributed by atoms with Crippen molar-refractivity contribution in [2.24, 2.45) is 5.41 Å². The summed E-state index contributed by atoms with van der Waals surface area (Å²) in [5, 5.41) is 8.29. The monoisotopic (exact) mass is 333 g/mol. The van der Waals surface area contributed by atoms with Crippen LogP contribution in [0.4, 0.5) is 0 Å². The van der Waals surface area contributed by atoms with E-state index in [0.717, 1.165) is 5.56 Å². The number of carbonyl (C=O) groups is 1. The minimum Gasteiger partial charge on any atom is -0.481 e. The van der Waals surface area contributed by atoms with E-state index < -0.39 is 11.5 Å². The van der Waals surface area contributed by atoms with Crippen LogP contribution in [0.25, 0.3) is 12.0 Å². The highest BCUT2D eigenvalue weighted by Crippen LogP contribution is 2.25. The molecule has 0 radical (unpaired) electrons. The van der Waals surface area contributed by atoms with E-state index in [1.54, 1.807) is 37.7 Å². The Kier molecular flexibility index (Phi) is 5.21. The van der Waals surface area contributed by atoms with E-state index in [9.17, 15) is 4.79 Å². The summed E-state index contributed by atoms with van der Waals surface area (Å²) < 4.78 is 7.44. The standard InChI is InChI=1S/C17H20ClN3O2/c1-12(16(22)17(2,3)4)23-15(11-21-10-9-19-20-21)13-5-7-14(18)8-6-13/h5-12H,1-4H3. The Balaban J connectivity index is 2.31. The molecule has 5 nitrogen and oxygen atoms in total. The van der Waals surface area contributed by atoms with Gasteiger partial charge in [0.15, 0.2) is 11.9 Å². The zero-order chi connectivity index (χ0) is 17.0. The average Bonchev–Trinajstić information content (AvgIpc) is 2.98. The van der Waals surface area contributed by atoms with Gasteiger partial charge in [-0.1, -0.05) is 37.6 Å². The lowest BCUT2D eigenvalue weighted by Gasteiger charge is -2.23. The molecule has 2 aromatic rings. The SMILES string of the molecule is CC(OC(=Cn1ccnn1)c1ccc(Cl)cc1)C(=O)C(C)(C)C. The highest BCUT2D eigenvalue weighted by molar-refractivity contribution is 6.30. The molecule has 122 valence electrons. The highest BCUT2D eigenvalue weighted by atomic mass is 35.5. The summed E-state index contributed by atoms with van der Waals surface area (Å²) in [6, 6.07) is 7.20. The van der Waals surface area contributed by atoms with Crippen LogP contribution in [-0.2, 0) is 9.53 Å². The zero-order valence-corrected chi connectivity index (χ0v) is 14.4. The Morgan fingerprint density at radius 1 is 1.30 bits per heavy atom. The summed E-state index contributed by atoms with van der Waals surface area (Å²) in [5.74, 6) is 0.549. The van der Waals surface area contributed by atoms with E-state index in [0.29, 0.717) is 10.8 Å². The van der Waals surface area contributed by atoms with Crippen LogP contribution in [0.3, 0.4) is 0 Å². The summed E-state index contributed by atoms with van der Waals surface area (Å²) >= 11 is 5.93. The van der Waals surface area contributed by atoms with Crippen LogP contribution < -0.4 is 0 Å². The average molecular weight is 334 g/mol. The molecule has 1 unspecified atom stereocenters. The maximum atomic E-state index is 12.4. The molecule has 2 rings (SSSR count). The van der Waals surface area contributed by atoms with E-state index in [-0.39, 0.29) is 5.78 Å². The second-order valence-corrected chi connectivity index (χ2v) is 6.69. The Morgan fingerprint density at radius 2 is 1.96 bits per heavy atom. The van der Waals surface area contributed by atoms with E-state index in [2.05, 4.69) is 10.3 Å². The van der Waals surface area contributed by atoms with Crippen molar-refractivity contribution in [1.82, 2.24) is 15.0 Å². The van der Waals surface area contributed by atoms with Crippen LogP contribution in [-0.4, -0.2) is 26.9 Å². The molecule has 23 heavy (non-hydrogen) atoms. The molecule has 6 heteroatoms. The molecule has 1 atom stereocenters. The number of ketones is 1. The second kappa shape index (κ2) is 6.96. The lowest BCUT2D eigenvalue weighted by atomic mass is 9.88. The van der Waals surface area contributed by atoms with Crippen molar-refractivity contribution in [3.05, 3.63) is 47.2 Å². The number of benzene rings is 1. The molecule has 0 amide bonds. The Hall–Kier alpha value is -2.14. The molecule has 0 fully saturated rings. The fourth-order valence-electron chi connectivity index (χ4n) is 2.05. The maximum absolute atomic E-state index is 12.4. The molecule has 0 N–H and O–H groups in total. The fourth-order valence-corrected chi connectivity index (χ4v) is 2.17. The quantitative estimate of drug-likeness (QED) is 0.778. The van der Waals surface area contributed by atoms with Crippen LogP contribution in [0.2, 0.25) is 5.02 Å². The summed E-state index contributed by atoms with van der Waals surface area (Å²) in [7, 11) is 0. The molecular formula is C17H20ClN3O2. The molecule has 0 bridgehead atoms. The molecule has 1 aromatic heterocycles.